The van der Waals surface area contributed by atoms with Gasteiger partial charge in [-0.15, -0.1) is 15.2 Å². The Bertz CT molecular complexity index is 799. The number of halogens is 1. The van der Waals surface area contributed by atoms with E-state index in [0.29, 0.717) is 0 Å². The normalized spacial score (nSPS) is 12.3. The number of hydrogen-bond donors (Lipinski definition) is 0. The minimum Gasteiger partial charge on any atom is -0.244 e. The van der Waals surface area contributed by atoms with Crippen LogP contribution in [0.4, 0.5) is 9.02 Å². The van der Waals surface area contributed by atoms with Crippen LogP contribution in [0.3, 0.4) is 0 Å². The van der Waals surface area contributed by atoms with Gasteiger partial charge in [0.15, 0.2) is 5.13 Å². The first kappa shape index (κ1) is 14.9. The van der Waals surface area contributed by atoms with Gasteiger partial charge in [-0.3, -0.25) is 0 Å². The van der Waals surface area contributed by atoms with Crippen molar-refractivity contribution >= 4 is 36.7 Å². The number of rotatable bonds is 4. The average Bonchev–Trinajstić information content (AvgIpc) is 2.90. The highest BCUT2D eigenvalue weighted by molar-refractivity contribution is 7.93. The lowest BCUT2D eigenvalue weighted by atomic mass is 10.4. The zero-order chi connectivity index (χ0) is 15.0. The van der Waals surface area contributed by atoms with Crippen LogP contribution < -0.4 is 4.31 Å². The third-order valence-corrected chi connectivity index (χ3v) is 6.01. The number of hydrogen-bond acceptors (Lipinski definition) is 6. The van der Waals surface area contributed by atoms with Crippen LogP contribution in [0.1, 0.15) is 0 Å². The fourth-order valence-electron chi connectivity index (χ4n) is 1.41. The lowest BCUT2D eigenvalue weighted by Gasteiger charge is -2.16. The van der Waals surface area contributed by atoms with Crippen LogP contribution in [0.2, 0.25) is 0 Å². The Morgan fingerprint density at radius 1 is 1.10 bits per heavy atom. The van der Waals surface area contributed by atoms with Gasteiger partial charge in [0.25, 0.3) is 10.0 Å². The van der Waals surface area contributed by atoms with Crippen molar-refractivity contribution in [3.8, 4) is 0 Å². The summed E-state index contributed by atoms with van der Waals surface area (Å²) in [5.74, 6) is 0. The monoisotopic (exact) mass is 336 g/mol. The van der Waals surface area contributed by atoms with Crippen LogP contribution in [0, 0.1) is 0 Å². The van der Waals surface area contributed by atoms with Crippen molar-refractivity contribution in [2.45, 2.75) is 9.79 Å². The summed E-state index contributed by atoms with van der Waals surface area (Å²) in [4.78, 5) is 3.13. The fourth-order valence-corrected chi connectivity index (χ4v) is 3.85. The summed E-state index contributed by atoms with van der Waals surface area (Å²) in [6.07, 6.45) is 1.46. The Balaban J connectivity index is 2.40. The largest absolute Gasteiger partial charge is 0.332 e. The number of thiazole rings is 1. The molecule has 0 N–H and O–H groups in total. The number of anilines is 1. The van der Waals surface area contributed by atoms with Gasteiger partial charge >= 0.3 is 10.2 Å². The SMILES string of the molecule is CN(c1nccs1)S(=O)(=O)c1ccc(S(=O)(=O)F)cc1. The third-order valence-electron chi connectivity index (χ3n) is 2.45. The molecular weight excluding hydrogens is 327 g/mol. The molecule has 0 aliphatic heterocycles. The zero-order valence-electron chi connectivity index (χ0n) is 10.1. The maximum atomic E-state index is 12.7. The van der Waals surface area contributed by atoms with Gasteiger partial charge in [-0.25, -0.2) is 17.7 Å². The summed E-state index contributed by atoms with van der Waals surface area (Å²) in [5.41, 5.74) is 0. The molecule has 0 saturated carbocycles. The van der Waals surface area contributed by atoms with E-state index in [1.54, 1.807) is 5.38 Å². The molecule has 1 heterocycles. The molecule has 0 bridgehead atoms. The third kappa shape index (κ3) is 2.81. The molecule has 1 aromatic carbocycles. The number of nitrogens with zero attached hydrogens (tertiary/aromatic N) is 2. The first-order chi connectivity index (χ1) is 9.23. The molecule has 108 valence electrons. The van der Waals surface area contributed by atoms with Gasteiger partial charge in [0.2, 0.25) is 0 Å². The van der Waals surface area contributed by atoms with Crippen LogP contribution >= 0.6 is 11.3 Å². The summed E-state index contributed by atoms with van der Waals surface area (Å²) in [6.45, 7) is 0. The van der Waals surface area contributed by atoms with Gasteiger partial charge in [-0.1, -0.05) is 0 Å². The molecule has 0 fully saturated rings. The van der Waals surface area contributed by atoms with Gasteiger partial charge in [0.05, 0.1) is 9.79 Å². The summed E-state index contributed by atoms with van der Waals surface area (Å²) in [5, 5.41) is 1.90. The standard InChI is InChI=1S/C10H9FN2O4S3/c1-13(10-12-6-7-18-10)20(16,17)9-4-2-8(3-5-9)19(11,14)15/h2-7H,1H3. The predicted molar refractivity (Wildman–Crippen MR) is 72.4 cm³/mol. The van der Waals surface area contributed by atoms with E-state index in [1.165, 1.54) is 13.2 Å². The molecule has 0 unspecified atom stereocenters. The fraction of sp³-hybridized carbons (Fsp3) is 0.100. The number of benzene rings is 1. The van der Waals surface area contributed by atoms with Gasteiger partial charge < -0.3 is 0 Å². The molecule has 1 aromatic heterocycles. The molecule has 0 aliphatic rings. The van der Waals surface area contributed by atoms with Crippen LogP contribution in [-0.2, 0) is 20.2 Å². The smallest absolute Gasteiger partial charge is 0.244 e. The van der Waals surface area contributed by atoms with Crippen LogP contribution in [0.25, 0.3) is 0 Å². The van der Waals surface area contributed by atoms with Crippen molar-refractivity contribution in [3.63, 3.8) is 0 Å². The number of sulfonamides is 1. The molecule has 2 aromatic rings. The highest BCUT2D eigenvalue weighted by Crippen LogP contribution is 2.24. The Kier molecular flexibility index (Phi) is 3.80. The predicted octanol–water partition coefficient (Wildman–Crippen LogP) is 1.63. The van der Waals surface area contributed by atoms with Crippen molar-refractivity contribution in [3.05, 3.63) is 35.8 Å². The van der Waals surface area contributed by atoms with Gasteiger partial charge in [-0.2, -0.15) is 8.42 Å². The second-order valence-electron chi connectivity index (χ2n) is 3.70. The van der Waals surface area contributed by atoms with E-state index >= 15 is 0 Å². The van der Waals surface area contributed by atoms with E-state index < -0.39 is 25.1 Å². The van der Waals surface area contributed by atoms with Crippen molar-refractivity contribution in [1.29, 1.82) is 0 Å². The molecule has 6 nitrogen and oxygen atoms in total. The minimum absolute atomic E-state index is 0.150. The minimum atomic E-state index is -4.85. The Labute approximate surface area is 119 Å². The summed E-state index contributed by atoms with van der Waals surface area (Å²) >= 11 is 1.14. The van der Waals surface area contributed by atoms with Gasteiger partial charge in [0, 0.05) is 18.6 Å². The molecule has 0 spiro atoms. The Morgan fingerprint density at radius 2 is 1.65 bits per heavy atom. The highest BCUT2D eigenvalue weighted by atomic mass is 32.3. The molecule has 0 radical (unpaired) electrons. The Hall–Kier alpha value is -1.52. The summed E-state index contributed by atoms with van der Waals surface area (Å²) in [6, 6.07) is 3.87. The maximum absolute atomic E-state index is 12.7. The second-order valence-corrected chi connectivity index (χ2v) is 7.89. The van der Waals surface area contributed by atoms with Crippen LogP contribution in [0.15, 0.2) is 45.6 Å². The van der Waals surface area contributed by atoms with Gasteiger partial charge in [0.1, 0.15) is 0 Å². The van der Waals surface area contributed by atoms with E-state index in [4.69, 9.17) is 0 Å². The van der Waals surface area contributed by atoms with E-state index in [-0.39, 0.29) is 10.0 Å². The highest BCUT2D eigenvalue weighted by Gasteiger charge is 2.23. The molecule has 20 heavy (non-hydrogen) atoms. The maximum Gasteiger partial charge on any atom is 0.332 e. The first-order valence-corrected chi connectivity index (χ1v) is 8.86. The van der Waals surface area contributed by atoms with Crippen LogP contribution in [0.5, 0.6) is 0 Å². The Morgan fingerprint density at radius 3 is 2.10 bits per heavy atom. The summed E-state index contributed by atoms with van der Waals surface area (Å²) in [7, 11) is -7.38. The van der Waals surface area contributed by atoms with Gasteiger partial charge in [-0.05, 0) is 24.3 Å². The topological polar surface area (TPSA) is 84.4 Å². The molecule has 2 rings (SSSR count). The van der Waals surface area contributed by atoms with Crippen LogP contribution in [-0.4, -0.2) is 28.9 Å². The van der Waals surface area contributed by atoms with Crippen molar-refractivity contribution in [1.82, 2.24) is 4.98 Å². The molecule has 0 aliphatic carbocycles. The average molecular weight is 336 g/mol. The van der Waals surface area contributed by atoms with E-state index in [0.717, 1.165) is 39.9 Å². The van der Waals surface area contributed by atoms with E-state index in [2.05, 4.69) is 4.98 Å². The van der Waals surface area contributed by atoms with Crippen molar-refractivity contribution in [2.24, 2.45) is 0 Å². The zero-order valence-corrected chi connectivity index (χ0v) is 12.5. The molecular formula is C10H9FN2O4S3. The van der Waals surface area contributed by atoms with E-state index in [9.17, 15) is 20.7 Å². The lowest BCUT2D eigenvalue weighted by Crippen LogP contribution is -2.26. The molecule has 0 saturated heterocycles. The molecule has 0 amide bonds. The quantitative estimate of drug-likeness (QED) is 0.792. The second kappa shape index (κ2) is 5.11. The lowest BCUT2D eigenvalue weighted by molar-refractivity contribution is 0.551. The number of aromatic nitrogens is 1. The van der Waals surface area contributed by atoms with E-state index in [1.807, 2.05) is 0 Å². The molecule has 0 atom stereocenters. The summed E-state index contributed by atoms with van der Waals surface area (Å²) < 4.78 is 59.5. The molecule has 10 heteroatoms. The van der Waals surface area contributed by atoms with Crippen molar-refractivity contribution < 1.29 is 20.7 Å². The van der Waals surface area contributed by atoms with Crippen molar-refractivity contribution in [2.75, 3.05) is 11.4 Å². The first-order valence-electron chi connectivity index (χ1n) is 5.16.